The van der Waals surface area contributed by atoms with Crippen LogP contribution in [0.5, 0.6) is 0 Å². The number of aromatic amines is 1. The Morgan fingerprint density at radius 1 is 1.17 bits per heavy atom. The summed E-state index contributed by atoms with van der Waals surface area (Å²) in [7, 11) is 0. The van der Waals surface area contributed by atoms with E-state index in [4.69, 9.17) is 5.11 Å². The Morgan fingerprint density at radius 2 is 1.96 bits per heavy atom. The largest absolute Gasteiger partial charge is 0.481 e. The number of carboxylic acids is 1. The lowest BCUT2D eigenvalue weighted by Crippen LogP contribution is -2.30. The molecule has 1 aromatic heterocycles. The van der Waals surface area contributed by atoms with Gasteiger partial charge in [-0.05, 0) is 23.8 Å². The van der Waals surface area contributed by atoms with Crippen molar-refractivity contribution in [1.29, 1.82) is 0 Å². The average molecular weight is 309 g/mol. The number of carboxylic acid groups (broad SMARTS) is 1. The highest BCUT2D eigenvalue weighted by molar-refractivity contribution is 5.97. The molecule has 0 aliphatic rings. The number of aromatic nitrogens is 2. The van der Waals surface area contributed by atoms with Gasteiger partial charge in [0.1, 0.15) is 0 Å². The van der Waals surface area contributed by atoms with Crippen LogP contribution in [0.15, 0.2) is 54.9 Å². The number of fused-ring (bicyclic) bond motifs is 1. The Balaban J connectivity index is 1.83. The highest BCUT2D eigenvalue weighted by Gasteiger charge is 2.19. The SMILES string of the molecule is O=C(O)CC(NC(=O)c1ccc2nc[nH]c2c1)c1ccccc1. The van der Waals surface area contributed by atoms with Gasteiger partial charge in [-0.1, -0.05) is 30.3 Å². The molecule has 23 heavy (non-hydrogen) atoms. The van der Waals surface area contributed by atoms with Gasteiger partial charge in [0.2, 0.25) is 0 Å². The van der Waals surface area contributed by atoms with Crippen molar-refractivity contribution in [2.24, 2.45) is 0 Å². The fraction of sp³-hybridized carbons (Fsp3) is 0.118. The zero-order valence-corrected chi connectivity index (χ0v) is 12.2. The average Bonchev–Trinajstić information content (AvgIpc) is 3.02. The lowest BCUT2D eigenvalue weighted by atomic mass is 10.0. The van der Waals surface area contributed by atoms with Crippen LogP contribution in [0.2, 0.25) is 0 Å². The van der Waals surface area contributed by atoms with Crippen LogP contribution in [0.1, 0.15) is 28.4 Å². The third kappa shape index (κ3) is 3.37. The Kier molecular flexibility index (Phi) is 4.05. The fourth-order valence-electron chi connectivity index (χ4n) is 2.43. The molecule has 1 atom stereocenters. The van der Waals surface area contributed by atoms with E-state index in [2.05, 4.69) is 15.3 Å². The van der Waals surface area contributed by atoms with E-state index in [0.29, 0.717) is 5.56 Å². The van der Waals surface area contributed by atoms with Crippen molar-refractivity contribution in [3.05, 3.63) is 66.0 Å². The normalized spacial score (nSPS) is 12.0. The number of H-pyrrole nitrogens is 1. The van der Waals surface area contributed by atoms with Gasteiger partial charge < -0.3 is 15.4 Å². The number of carbonyl (C=O) groups is 2. The summed E-state index contributed by atoms with van der Waals surface area (Å²) in [5, 5.41) is 11.9. The van der Waals surface area contributed by atoms with E-state index in [1.54, 1.807) is 36.7 Å². The molecule has 0 aliphatic carbocycles. The van der Waals surface area contributed by atoms with Crippen molar-refractivity contribution >= 4 is 22.9 Å². The van der Waals surface area contributed by atoms with Crippen molar-refractivity contribution in [1.82, 2.24) is 15.3 Å². The van der Waals surface area contributed by atoms with E-state index in [1.807, 2.05) is 18.2 Å². The molecule has 3 aromatic rings. The molecule has 1 unspecified atom stereocenters. The molecule has 6 heteroatoms. The third-order valence-corrected chi connectivity index (χ3v) is 3.57. The van der Waals surface area contributed by atoms with Gasteiger partial charge in [0, 0.05) is 5.56 Å². The first-order valence-electron chi connectivity index (χ1n) is 7.14. The molecule has 2 aromatic carbocycles. The maximum atomic E-state index is 12.4. The number of hydrogen-bond donors (Lipinski definition) is 3. The number of nitrogens with zero attached hydrogens (tertiary/aromatic N) is 1. The second kappa shape index (κ2) is 6.31. The van der Waals surface area contributed by atoms with Gasteiger partial charge in [-0.15, -0.1) is 0 Å². The molecule has 0 bridgehead atoms. The maximum absolute atomic E-state index is 12.4. The van der Waals surface area contributed by atoms with E-state index < -0.39 is 12.0 Å². The first-order chi connectivity index (χ1) is 11.1. The number of nitrogens with one attached hydrogen (secondary N) is 2. The summed E-state index contributed by atoms with van der Waals surface area (Å²) in [5.41, 5.74) is 2.73. The third-order valence-electron chi connectivity index (χ3n) is 3.57. The monoisotopic (exact) mass is 309 g/mol. The second-order valence-corrected chi connectivity index (χ2v) is 5.17. The van der Waals surface area contributed by atoms with Gasteiger partial charge in [0.25, 0.3) is 5.91 Å². The number of hydrogen-bond acceptors (Lipinski definition) is 3. The molecule has 3 N–H and O–H groups in total. The molecule has 0 saturated carbocycles. The highest BCUT2D eigenvalue weighted by atomic mass is 16.4. The van der Waals surface area contributed by atoms with Crippen molar-refractivity contribution in [2.45, 2.75) is 12.5 Å². The molecule has 1 heterocycles. The number of imidazole rings is 1. The van der Waals surface area contributed by atoms with E-state index in [0.717, 1.165) is 16.6 Å². The lowest BCUT2D eigenvalue weighted by molar-refractivity contribution is -0.137. The molecular formula is C17H15N3O3. The minimum Gasteiger partial charge on any atom is -0.481 e. The van der Waals surface area contributed by atoms with E-state index in [-0.39, 0.29) is 12.3 Å². The van der Waals surface area contributed by atoms with Crippen LogP contribution in [-0.2, 0) is 4.79 Å². The number of benzene rings is 2. The Bertz CT molecular complexity index is 842. The molecule has 1 amide bonds. The fourth-order valence-corrected chi connectivity index (χ4v) is 2.43. The smallest absolute Gasteiger partial charge is 0.305 e. The summed E-state index contributed by atoms with van der Waals surface area (Å²) in [5.74, 6) is -1.29. The van der Waals surface area contributed by atoms with Gasteiger partial charge in [-0.25, -0.2) is 4.98 Å². The Morgan fingerprint density at radius 3 is 2.70 bits per heavy atom. The summed E-state index contributed by atoms with van der Waals surface area (Å²) in [6.07, 6.45) is 1.38. The molecule has 6 nitrogen and oxygen atoms in total. The molecule has 0 spiro atoms. The minimum absolute atomic E-state index is 0.179. The zero-order valence-electron chi connectivity index (χ0n) is 12.2. The van der Waals surface area contributed by atoms with Crippen LogP contribution in [0.3, 0.4) is 0 Å². The highest BCUT2D eigenvalue weighted by Crippen LogP contribution is 2.18. The van der Waals surface area contributed by atoms with Crippen LogP contribution in [0.25, 0.3) is 11.0 Å². The number of rotatable bonds is 5. The van der Waals surface area contributed by atoms with Crippen LogP contribution < -0.4 is 5.32 Å². The summed E-state index contributed by atoms with van der Waals surface area (Å²) >= 11 is 0. The summed E-state index contributed by atoms with van der Waals surface area (Å²) in [4.78, 5) is 30.6. The molecule has 0 fully saturated rings. The van der Waals surface area contributed by atoms with E-state index >= 15 is 0 Å². The molecule has 0 aliphatic heterocycles. The number of carbonyl (C=O) groups excluding carboxylic acids is 1. The van der Waals surface area contributed by atoms with Crippen LogP contribution in [0, 0.1) is 0 Å². The Hall–Kier alpha value is -3.15. The van der Waals surface area contributed by atoms with E-state index in [9.17, 15) is 9.59 Å². The number of amides is 1. The van der Waals surface area contributed by atoms with Crippen molar-refractivity contribution in [3.63, 3.8) is 0 Å². The molecular weight excluding hydrogens is 294 g/mol. The number of aliphatic carboxylic acids is 1. The zero-order chi connectivity index (χ0) is 16.2. The summed E-state index contributed by atoms with van der Waals surface area (Å²) in [6.45, 7) is 0. The van der Waals surface area contributed by atoms with Crippen LogP contribution >= 0.6 is 0 Å². The van der Waals surface area contributed by atoms with Gasteiger partial charge in [0.05, 0.1) is 29.8 Å². The van der Waals surface area contributed by atoms with Crippen molar-refractivity contribution < 1.29 is 14.7 Å². The van der Waals surface area contributed by atoms with Gasteiger partial charge in [-0.3, -0.25) is 9.59 Å². The van der Waals surface area contributed by atoms with Gasteiger partial charge in [-0.2, -0.15) is 0 Å². The van der Waals surface area contributed by atoms with Crippen molar-refractivity contribution in [2.75, 3.05) is 0 Å². The van der Waals surface area contributed by atoms with Crippen molar-refractivity contribution in [3.8, 4) is 0 Å². The quantitative estimate of drug-likeness (QED) is 0.675. The minimum atomic E-state index is -0.969. The van der Waals surface area contributed by atoms with Gasteiger partial charge in [0.15, 0.2) is 0 Å². The standard InChI is InChI=1S/C17H15N3O3/c21-16(22)9-14(11-4-2-1-3-5-11)20-17(23)12-6-7-13-15(8-12)19-10-18-13/h1-8,10,14H,9H2,(H,18,19)(H,20,23)(H,21,22). The summed E-state index contributed by atoms with van der Waals surface area (Å²) < 4.78 is 0. The predicted octanol–water partition coefficient (Wildman–Crippen LogP) is 2.51. The van der Waals surface area contributed by atoms with Gasteiger partial charge >= 0.3 is 5.97 Å². The lowest BCUT2D eigenvalue weighted by Gasteiger charge is -2.17. The second-order valence-electron chi connectivity index (χ2n) is 5.17. The molecule has 116 valence electrons. The van der Waals surface area contributed by atoms with Crippen LogP contribution in [-0.4, -0.2) is 27.0 Å². The maximum Gasteiger partial charge on any atom is 0.305 e. The Labute approximate surface area is 132 Å². The topological polar surface area (TPSA) is 95.1 Å². The van der Waals surface area contributed by atoms with E-state index in [1.165, 1.54) is 0 Å². The van der Waals surface area contributed by atoms with Crippen LogP contribution in [0.4, 0.5) is 0 Å². The predicted molar refractivity (Wildman–Crippen MR) is 85.0 cm³/mol. The summed E-state index contributed by atoms with van der Waals surface area (Å²) in [6, 6.07) is 13.6. The first-order valence-corrected chi connectivity index (χ1v) is 7.14. The molecule has 0 radical (unpaired) electrons. The molecule has 0 saturated heterocycles. The first kappa shape index (κ1) is 14.8. The molecule has 3 rings (SSSR count).